The molecule has 0 N–H and O–H groups in total. The Morgan fingerprint density at radius 2 is 1.96 bits per heavy atom. The van der Waals surface area contributed by atoms with Gasteiger partial charge in [-0.3, -0.25) is 4.79 Å². The molecule has 7 heteroatoms. The molecule has 0 aliphatic carbocycles. The summed E-state index contributed by atoms with van der Waals surface area (Å²) in [6.45, 7) is 5.78. The molecule has 0 bridgehead atoms. The zero-order valence-corrected chi connectivity index (χ0v) is 17.1. The van der Waals surface area contributed by atoms with Crippen molar-refractivity contribution in [3.8, 4) is 5.75 Å². The van der Waals surface area contributed by atoms with Gasteiger partial charge < -0.3 is 4.74 Å². The van der Waals surface area contributed by atoms with E-state index in [1.807, 2.05) is 24.3 Å². The Labute approximate surface area is 167 Å². The lowest BCUT2D eigenvalue weighted by atomic mass is 10.2. The first-order valence-electron chi connectivity index (χ1n) is 7.76. The van der Waals surface area contributed by atoms with E-state index < -0.39 is 0 Å². The van der Waals surface area contributed by atoms with Gasteiger partial charge in [-0.15, -0.1) is 0 Å². The zero-order valence-electron chi connectivity index (χ0n) is 13.9. The van der Waals surface area contributed by atoms with Crippen LogP contribution < -0.4 is 10.3 Å². The number of aryl methyl sites for hydroxylation is 1. The van der Waals surface area contributed by atoms with Crippen molar-refractivity contribution in [2.24, 2.45) is 5.10 Å². The summed E-state index contributed by atoms with van der Waals surface area (Å²) in [5.41, 5.74) is 1.15. The molecule has 0 saturated carbocycles. The fourth-order valence-electron chi connectivity index (χ4n) is 2.42. The normalized spacial score (nSPS) is 11.2. The van der Waals surface area contributed by atoms with Crippen molar-refractivity contribution < 1.29 is 4.74 Å². The summed E-state index contributed by atoms with van der Waals surface area (Å²) in [5.74, 6) is 1.16. The molecular formula is C19H15Br2N3O2. The maximum Gasteiger partial charge on any atom is 0.282 e. The van der Waals surface area contributed by atoms with Gasteiger partial charge in [0.1, 0.15) is 18.2 Å². The topological polar surface area (TPSA) is 56.5 Å². The minimum Gasteiger partial charge on any atom is -0.489 e. The van der Waals surface area contributed by atoms with Crippen molar-refractivity contribution in [3.05, 3.63) is 79.7 Å². The Morgan fingerprint density at radius 1 is 1.23 bits per heavy atom. The largest absolute Gasteiger partial charge is 0.489 e. The lowest BCUT2D eigenvalue weighted by Gasteiger charge is -2.08. The summed E-state index contributed by atoms with van der Waals surface area (Å²) < 4.78 is 8.62. The molecule has 1 aromatic heterocycles. The molecule has 0 saturated heterocycles. The van der Waals surface area contributed by atoms with E-state index in [-0.39, 0.29) is 5.56 Å². The Hall–Kier alpha value is -2.25. The fraction of sp³-hybridized carbons (Fsp3) is 0.105. The maximum absolute atomic E-state index is 12.8. The Morgan fingerprint density at radius 3 is 2.73 bits per heavy atom. The summed E-state index contributed by atoms with van der Waals surface area (Å²) in [5, 5.41) is 4.84. The second-order valence-electron chi connectivity index (χ2n) is 5.46. The van der Waals surface area contributed by atoms with Gasteiger partial charge in [-0.2, -0.15) is 9.78 Å². The van der Waals surface area contributed by atoms with E-state index in [9.17, 15) is 4.79 Å². The highest BCUT2D eigenvalue weighted by Crippen LogP contribution is 2.22. The summed E-state index contributed by atoms with van der Waals surface area (Å²) in [7, 11) is 0. The Bertz CT molecular complexity index is 1070. The molecule has 0 spiro atoms. The highest BCUT2D eigenvalue weighted by atomic mass is 79.9. The van der Waals surface area contributed by atoms with Crippen molar-refractivity contribution >= 4 is 49.0 Å². The smallest absolute Gasteiger partial charge is 0.282 e. The monoisotopic (exact) mass is 475 g/mol. The van der Waals surface area contributed by atoms with Gasteiger partial charge in [0, 0.05) is 14.5 Å². The quantitative estimate of drug-likeness (QED) is 0.397. The van der Waals surface area contributed by atoms with Gasteiger partial charge in [0.15, 0.2) is 0 Å². The van der Waals surface area contributed by atoms with Crippen LogP contribution in [0.3, 0.4) is 0 Å². The van der Waals surface area contributed by atoms with E-state index in [2.05, 4.69) is 48.5 Å². The molecule has 1 heterocycles. The zero-order chi connectivity index (χ0) is 18.7. The van der Waals surface area contributed by atoms with Crippen LogP contribution in [0.2, 0.25) is 0 Å². The molecule has 0 amide bonds. The van der Waals surface area contributed by atoms with Crippen molar-refractivity contribution in [2.45, 2.75) is 6.92 Å². The van der Waals surface area contributed by atoms with Crippen LogP contribution in [0.4, 0.5) is 0 Å². The van der Waals surface area contributed by atoms with Gasteiger partial charge in [-0.1, -0.05) is 44.5 Å². The van der Waals surface area contributed by atoms with Gasteiger partial charge in [0.05, 0.1) is 17.1 Å². The van der Waals surface area contributed by atoms with Crippen molar-refractivity contribution in [3.63, 3.8) is 0 Å². The molecule has 0 aliphatic rings. The van der Waals surface area contributed by atoms with E-state index in [1.54, 1.807) is 31.3 Å². The molecule has 132 valence electrons. The number of rotatable bonds is 5. The molecule has 0 atom stereocenters. The molecule has 5 nitrogen and oxygen atoms in total. The first-order valence-corrected chi connectivity index (χ1v) is 9.34. The third kappa shape index (κ3) is 3.94. The van der Waals surface area contributed by atoms with E-state index in [4.69, 9.17) is 4.74 Å². The van der Waals surface area contributed by atoms with Gasteiger partial charge >= 0.3 is 0 Å². The Balaban J connectivity index is 2.08. The third-order valence-corrected chi connectivity index (χ3v) is 4.60. The molecule has 3 rings (SSSR count). The lowest BCUT2D eigenvalue weighted by molar-refractivity contribution is 0.362. The average Bonchev–Trinajstić information content (AvgIpc) is 2.61. The number of benzene rings is 2. The molecule has 3 aromatic rings. The van der Waals surface area contributed by atoms with E-state index in [1.165, 1.54) is 4.68 Å². The average molecular weight is 477 g/mol. The fourth-order valence-corrected chi connectivity index (χ4v) is 3.16. The third-order valence-electron chi connectivity index (χ3n) is 3.61. The van der Waals surface area contributed by atoms with Crippen LogP contribution in [0, 0.1) is 6.92 Å². The highest BCUT2D eigenvalue weighted by Gasteiger charge is 2.08. The second-order valence-corrected chi connectivity index (χ2v) is 7.30. The number of hydrogen-bond donors (Lipinski definition) is 0. The van der Waals surface area contributed by atoms with Gasteiger partial charge in [0.2, 0.25) is 0 Å². The van der Waals surface area contributed by atoms with Gasteiger partial charge in [-0.25, -0.2) is 4.98 Å². The van der Waals surface area contributed by atoms with Crippen LogP contribution in [-0.4, -0.2) is 22.5 Å². The summed E-state index contributed by atoms with van der Waals surface area (Å²) in [4.78, 5) is 17.2. The summed E-state index contributed by atoms with van der Waals surface area (Å²) in [6, 6.07) is 11.0. The van der Waals surface area contributed by atoms with Crippen LogP contribution in [0.5, 0.6) is 5.75 Å². The number of halogens is 2. The Kier molecular flexibility index (Phi) is 5.68. The number of aromatic nitrogens is 2. The summed E-state index contributed by atoms with van der Waals surface area (Å²) >= 11 is 6.82. The number of ether oxygens (including phenoxy) is 1. The van der Waals surface area contributed by atoms with Crippen LogP contribution in [0.15, 0.2) is 67.9 Å². The van der Waals surface area contributed by atoms with Crippen molar-refractivity contribution in [1.29, 1.82) is 0 Å². The molecule has 0 aliphatic heterocycles. The molecule has 0 fully saturated rings. The molecule has 0 radical (unpaired) electrons. The molecular weight excluding hydrogens is 462 g/mol. The van der Waals surface area contributed by atoms with Crippen LogP contribution in [-0.2, 0) is 0 Å². The first-order chi connectivity index (χ1) is 12.5. The van der Waals surface area contributed by atoms with E-state index >= 15 is 0 Å². The van der Waals surface area contributed by atoms with Crippen LogP contribution >= 0.6 is 31.9 Å². The molecule has 26 heavy (non-hydrogen) atoms. The molecule has 2 aromatic carbocycles. The van der Waals surface area contributed by atoms with Gasteiger partial charge in [0.25, 0.3) is 5.56 Å². The minimum atomic E-state index is -0.228. The first kappa shape index (κ1) is 18.5. The second kappa shape index (κ2) is 7.97. The van der Waals surface area contributed by atoms with Crippen LogP contribution in [0.25, 0.3) is 10.9 Å². The van der Waals surface area contributed by atoms with Crippen molar-refractivity contribution in [1.82, 2.24) is 9.66 Å². The van der Waals surface area contributed by atoms with Crippen molar-refractivity contribution in [2.75, 3.05) is 6.61 Å². The number of nitrogens with zero attached hydrogens (tertiary/aromatic N) is 3. The van der Waals surface area contributed by atoms with Gasteiger partial charge in [-0.05, 0) is 43.3 Å². The standard InChI is InChI=1S/C19H15Br2N3O2/c1-3-8-26-18-7-5-14(20)9-13(18)11-22-24-12(2)23-17-6-4-15(21)10-16(17)19(24)25/h3-7,9-11H,1,8H2,2H3. The SMILES string of the molecule is C=CCOc1ccc(Br)cc1C=Nn1c(C)nc2ccc(Br)cc2c1=O. The van der Waals surface area contributed by atoms with Crippen LogP contribution in [0.1, 0.15) is 11.4 Å². The minimum absolute atomic E-state index is 0.228. The van der Waals surface area contributed by atoms with E-state index in [0.717, 1.165) is 14.5 Å². The van der Waals surface area contributed by atoms with E-state index in [0.29, 0.717) is 29.1 Å². The lowest BCUT2D eigenvalue weighted by Crippen LogP contribution is -2.20. The number of fused-ring (bicyclic) bond motifs is 1. The predicted molar refractivity (Wildman–Crippen MR) is 111 cm³/mol. The summed E-state index contributed by atoms with van der Waals surface area (Å²) in [6.07, 6.45) is 3.26. The predicted octanol–water partition coefficient (Wildman–Crippen LogP) is 4.68. The number of hydrogen-bond acceptors (Lipinski definition) is 4. The highest BCUT2D eigenvalue weighted by molar-refractivity contribution is 9.10. The molecule has 0 unspecified atom stereocenters. The maximum atomic E-state index is 12.8.